The summed E-state index contributed by atoms with van der Waals surface area (Å²) in [5.74, 6) is 0.448. The van der Waals surface area contributed by atoms with E-state index in [1.54, 1.807) is 12.1 Å². The highest BCUT2D eigenvalue weighted by Crippen LogP contribution is 2.56. The highest BCUT2D eigenvalue weighted by Gasteiger charge is 2.50. The third kappa shape index (κ3) is 1.81. The number of rotatable bonds is 4. The summed E-state index contributed by atoms with van der Waals surface area (Å²) in [6.07, 6.45) is 3.11. The van der Waals surface area contributed by atoms with Crippen molar-refractivity contribution >= 4 is 5.69 Å². The highest BCUT2D eigenvalue weighted by atomic mass is 16.6. The Hall–Kier alpha value is -1.42. The lowest BCUT2D eigenvalue weighted by atomic mass is 9.52. The van der Waals surface area contributed by atoms with Gasteiger partial charge < -0.3 is 5.73 Å². The van der Waals surface area contributed by atoms with Crippen molar-refractivity contribution in [1.29, 1.82) is 0 Å². The summed E-state index contributed by atoms with van der Waals surface area (Å²) < 4.78 is 0. The van der Waals surface area contributed by atoms with E-state index in [2.05, 4.69) is 13.8 Å². The van der Waals surface area contributed by atoms with Gasteiger partial charge >= 0.3 is 0 Å². The molecule has 2 atom stereocenters. The van der Waals surface area contributed by atoms with E-state index in [4.69, 9.17) is 5.73 Å². The van der Waals surface area contributed by atoms with E-state index in [0.29, 0.717) is 5.92 Å². The van der Waals surface area contributed by atoms with Gasteiger partial charge in [0.15, 0.2) is 0 Å². The molecular formula is C14H20N2O2. The van der Waals surface area contributed by atoms with Crippen molar-refractivity contribution in [3.05, 3.63) is 39.9 Å². The van der Waals surface area contributed by atoms with Crippen molar-refractivity contribution in [2.75, 3.05) is 0 Å². The Labute approximate surface area is 107 Å². The van der Waals surface area contributed by atoms with Crippen LogP contribution < -0.4 is 5.73 Å². The zero-order valence-corrected chi connectivity index (χ0v) is 10.9. The van der Waals surface area contributed by atoms with E-state index in [9.17, 15) is 10.1 Å². The predicted molar refractivity (Wildman–Crippen MR) is 71.4 cm³/mol. The Morgan fingerprint density at radius 2 is 1.89 bits per heavy atom. The summed E-state index contributed by atoms with van der Waals surface area (Å²) >= 11 is 0. The summed E-state index contributed by atoms with van der Waals surface area (Å²) in [7, 11) is 0. The summed E-state index contributed by atoms with van der Waals surface area (Å²) in [6, 6.07) is 7.21. The third-order valence-electron chi connectivity index (χ3n) is 4.74. The third-order valence-corrected chi connectivity index (χ3v) is 4.74. The van der Waals surface area contributed by atoms with Gasteiger partial charge in [0, 0.05) is 18.2 Å². The van der Waals surface area contributed by atoms with Crippen LogP contribution in [0.1, 0.15) is 44.6 Å². The average molecular weight is 248 g/mol. The van der Waals surface area contributed by atoms with Crippen molar-refractivity contribution in [1.82, 2.24) is 0 Å². The van der Waals surface area contributed by atoms with Gasteiger partial charge in [-0.2, -0.15) is 0 Å². The van der Waals surface area contributed by atoms with E-state index in [-0.39, 0.29) is 22.1 Å². The highest BCUT2D eigenvalue weighted by molar-refractivity contribution is 5.37. The summed E-state index contributed by atoms with van der Waals surface area (Å²) in [5, 5.41) is 10.6. The van der Waals surface area contributed by atoms with Crippen LogP contribution in [-0.4, -0.2) is 11.0 Å². The van der Waals surface area contributed by atoms with Crippen LogP contribution in [0.25, 0.3) is 0 Å². The molecule has 98 valence electrons. The first-order chi connectivity index (χ1) is 8.55. The molecular weight excluding hydrogens is 228 g/mol. The quantitative estimate of drug-likeness (QED) is 0.657. The topological polar surface area (TPSA) is 69.2 Å². The second kappa shape index (κ2) is 4.69. The second-order valence-electron chi connectivity index (χ2n) is 5.18. The van der Waals surface area contributed by atoms with Gasteiger partial charge in [-0.1, -0.05) is 26.0 Å². The maximum absolute atomic E-state index is 10.6. The van der Waals surface area contributed by atoms with E-state index < -0.39 is 0 Å². The Morgan fingerprint density at radius 1 is 1.33 bits per heavy atom. The number of hydrogen-bond acceptors (Lipinski definition) is 3. The molecule has 0 aliphatic heterocycles. The van der Waals surface area contributed by atoms with Gasteiger partial charge in [0.25, 0.3) is 5.69 Å². The number of nitrogens with zero attached hydrogens (tertiary/aromatic N) is 1. The molecule has 1 fully saturated rings. The molecule has 0 bridgehead atoms. The van der Waals surface area contributed by atoms with Crippen LogP contribution in [-0.2, 0) is 0 Å². The molecule has 1 aromatic carbocycles. The van der Waals surface area contributed by atoms with E-state index in [1.165, 1.54) is 5.56 Å². The van der Waals surface area contributed by atoms with Gasteiger partial charge in [-0.3, -0.25) is 10.1 Å². The van der Waals surface area contributed by atoms with Gasteiger partial charge in [-0.25, -0.2) is 0 Å². The lowest BCUT2D eigenvalue weighted by molar-refractivity contribution is -0.384. The normalized spacial score (nSPS) is 25.5. The van der Waals surface area contributed by atoms with Crippen molar-refractivity contribution in [2.24, 2.45) is 11.1 Å². The van der Waals surface area contributed by atoms with Crippen molar-refractivity contribution < 1.29 is 4.92 Å². The van der Waals surface area contributed by atoms with Crippen LogP contribution in [0.2, 0.25) is 0 Å². The average Bonchev–Trinajstić information content (AvgIpc) is 2.37. The Morgan fingerprint density at radius 3 is 2.28 bits per heavy atom. The van der Waals surface area contributed by atoms with Gasteiger partial charge in [-0.05, 0) is 36.2 Å². The number of non-ortho nitro benzene ring substituents is 1. The van der Waals surface area contributed by atoms with Gasteiger partial charge in [0.1, 0.15) is 0 Å². The number of benzene rings is 1. The van der Waals surface area contributed by atoms with Gasteiger partial charge in [-0.15, -0.1) is 0 Å². The van der Waals surface area contributed by atoms with Gasteiger partial charge in [0.2, 0.25) is 0 Å². The molecule has 0 saturated heterocycles. The van der Waals surface area contributed by atoms with E-state index in [1.807, 2.05) is 12.1 Å². The summed E-state index contributed by atoms with van der Waals surface area (Å²) in [5.41, 5.74) is 7.69. The molecule has 1 aliphatic carbocycles. The molecule has 0 aromatic heterocycles. The van der Waals surface area contributed by atoms with Crippen LogP contribution in [0.5, 0.6) is 0 Å². The number of hydrogen-bond donors (Lipinski definition) is 1. The number of nitrogens with two attached hydrogens (primary N) is 1. The van der Waals surface area contributed by atoms with Crippen molar-refractivity contribution in [3.8, 4) is 0 Å². The smallest absolute Gasteiger partial charge is 0.269 e. The molecule has 1 aromatic rings. The zero-order valence-electron chi connectivity index (χ0n) is 10.9. The van der Waals surface area contributed by atoms with Gasteiger partial charge in [0.05, 0.1) is 4.92 Å². The SMILES string of the molecule is CCC1(CC)C(N)CC1c1ccc([N+](=O)[O-])cc1. The fourth-order valence-electron chi connectivity index (χ4n) is 3.38. The standard InChI is InChI=1S/C14H20N2O2/c1-3-14(4-2)12(9-13(14)15)10-5-7-11(8-6-10)16(17)18/h5-8,12-13H,3-4,9,15H2,1-2H3. The fraction of sp³-hybridized carbons (Fsp3) is 0.571. The van der Waals surface area contributed by atoms with Crippen LogP contribution >= 0.6 is 0 Å². The molecule has 2 N–H and O–H groups in total. The number of nitro groups is 1. The predicted octanol–water partition coefficient (Wildman–Crippen LogP) is 3.22. The molecule has 0 heterocycles. The molecule has 0 spiro atoms. The fourth-order valence-corrected chi connectivity index (χ4v) is 3.38. The van der Waals surface area contributed by atoms with Crippen molar-refractivity contribution in [3.63, 3.8) is 0 Å². The molecule has 2 rings (SSSR count). The Kier molecular flexibility index (Phi) is 3.39. The zero-order chi connectivity index (χ0) is 13.3. The molecule has 0 amide bonds. The second-order valence-corrected chi connectivity index (χ2v) is 5.18. The lowest BCUT2D eigenvalue weighted by Gasteiger charge is -2.55. The maximum atomic E-state index is 10.6. The monoisotopic (exact) mass is 248 g/mol. The first-order valence-electron chi connectivity index (χ1n) is 6.55. The van der Waals surface area contributed by atoms with Crippen LogP contribution in [0.3, 0.4) is 0 Å². The van der Waals surface area contributed by atoms with Crippen LogP contribution in [0.4, 0.5) is 5.69 Å². The van der Waals surface area contributed by atoms with E-state index >= 15 is 0 Å². The van der Waals surface area contributed by atoms with Crippen LogP contribution in [0.15, 0.2) is 24.3 Å². The molecule has 4 heteroatoms. The minimum atomic E-state index is -0.358. The summed E-state index contributed by atoms with van der Waals surface area (Å²) in [6.45, 7) is 4.36. The molecule has 18 heavy (non-hydrogen) atoms. The lowest BCUT2D eigenvalue weighted by Crippen LogP contribution is -2.55. The first kappa shape index (κ1) is 13.0. The molecule has 0 radical (unpaired) electrons. The molecule has 2 unspecified atom stereocenters. The number of nitro benzene ring substituents is 1. The molecule has 1 aliphatic rings. The Bertz CT molecular complexity index is 438. The van der Waals surface area contributed by atoms with Crippen LogP contribution in [0, 0.1) is 15.5 Å². The largest absolute Gasteiger partial charge is 0.327 e. The molecule has 1 saturated carbocycles. The molecule has 4 nitrogen and oxygen atoms in total. The minimum Gasteiger partial charge on any atom is -0.327 e. The van der Waals surface area contributed by atoms with E-state index in [0.717, 1.165) is 19.3 Å². The van der Waals surface area contributed by atoms with Crippen molar-refractivity contribution in [2.45, 2.75) is 45.1 Å². The maximum Gasteiger partial charge on any atom is 0.269 e. The Balaban J connectivity index is 2.25. The summed E-state index contributed by atoms with van der Waals surface area (Å²) in [4.78, 5) is 10.3. The minimum absolute atomic E-state index is 0.154. The first-order valence-corrected chi connectivity index (χ1v) is 6.55.